The Morgan fingerprint density at radius 1 is 1.07 bits per heavy atom. The first-order chi connectivity index (χ1) is 6.56. The van der Waals surface area contributed by atoms with Crippen LogP contribution >= 0.6 is 0 Å². The fourth-order valence-electron chi connectivity index (χ4n) is 1.07. The molecule has 2 nitrogen and oxygen atoms in total. The molecular formula is C9H9F3O2. The molecule has 0 aliphatic heterocycles. The minimum Gasteiger partial charge on any atom is -0.396 e. The molecule has 0 saturated heterocycles. The zero-order chi connectivity index (χ0) is 10.7. The van der Waals surface area contributed by atoms with Gasteiger partial charge in [-0.2, -0.15) is 0 Å². The highest BCUT2D eigenvalue weighted by Gasteiger charge is 2.16. The molecule has 2 N–H and O–H groups in total. The molecule has 1 aromatic carbocycles. The van der Waals surface area contributed by atoms with E-state index in [1.54, 1.807) is 0 Å². The normalized spacial score (nSPS) is 12.9. The highest BCUT2D eigenvalue weighted by molar-refractivity contribution is 5.22. The second-order valence-corrected chi connectivity index (χ2v) is 2.82. The molecule has 0 aromatic heterocycles. The highest BCUT2D eigenvalue weighted by Crippen LogP contribution is 2.22. The minimum atomic E-state index is -1.32. The first-order valence-electron chi connectivity index (χ1n) is 3.99. The van der Waals surface area contributed by atoms with Crippen LogP contribution in [0.4, 0.5) is 13.2 Å². The quantitative estimate of drug-likeness (QED) is 0.736. The third kappa shape index (κ3) is 2.24. The van der Waals surface area contributed by atoms with Crippen molar-refractivity contribution in [3.63, 3.8) is 0 Å². The minimum absolute atomic E-state index is 0.123. The van der Waals surface area contributed by atoms with Gasteiger partial charge in [0.25, 0.3) is 0 Å². The number of aliphatic hydroxyl groups excluding tert-OH is 2. The molecule has 0 radical (unpaired) electrons. The SMILES string of the molecule is OCCC(O)c1cc(F)c(F)cc1F. The molecule has 0 spiro atoms. The van der Waals surface area contributed by atoms with E-state index in [-0.39, 0.29) is 18.6 Å². The predicted octanol–water partition coefficient (Wildman–Crippen LogP) is 1.52. The summed E-state index contributed by atoms with van der Waals surface area (Å²) in [7, 11) is 0. The van der Waals surface area contributed by atoms with Crippen LogP contribution in [0.3, 0.4) is 0 Å². The van der Waals surface area contributed by atoms with E-state index in [1.165, 1.54) is 0 Å². The Hall–Kier alpha value is -1.07. The van der Waals surface area contributed by atoms with E-state index >= 15 is 0 Å². The van der Waals surface area contributed by atoms with Gasteiger partial charge in [-0.25, -0.2) is 13.2 Å². The van der Waals surface area contributed by atoms with Crippen molar-refractivity contribution in [1.82, 2.24) is 0 Å². The number of hydrogen-bond donors (Lipinski definition) is 2. The summed E-state index contributed by atoms with van der Waals surface area (Å²) in [6, 6.07) is 0.955. The molecule has 14 heavy (non-hydrogen) atoms. The van der Waals surface area contributed by atoms with Gasteiger partial charge >= 0.3 is 0 Å². The van der Waals surface area contributed by atoms with Crippen LogP contribution in [0.5, 0.6) is 0 Å². The zero-order valence-electron chi connectivity index (χ0n) is 7.17. The van der Waals surface area contributed by atoms with Crippen LogP contribution in [0.1, 0.15) is 18.1 Å². The van der Waals surface area contributed by atoms with Crippen LogP contribution in [0.2, 0.25) is 0 Å². The average molecular weight is 206 g/mol. The van der Waals surface area contributed by atoms with Crippen molar-refractivity contribution < 1.29 is 23.4 Å². The maximum atomic E-state index is 13.0. The summed E-state index contributed by atoms with van der Waals surface area (Å²) >= 11 is 0. The van der Waals surface area contributed by atoms with Crippen LogP contribution in [-0.2, 0) is 0 Å². The molecule has 5 heteroatoms. The molecule has 0 amide bonds. The van der Waals surface area contributed by atoms with Crippen LogP contribution in [0, 0.1) is 17.5 Å². The van der Waals surface area contributed by atoms with E-state index in [0.717, 1.165) is 0 Å². The molecule has 1 atom stereocenters. The molecule has 0 aliphatic carbocycles. The van der Waals surface area contributed by atoms with Gasteiger partial charge in [0.2, 0.25) is 0 Å². The fraction of sp³-hybridized carbons (Fsp3) is 0.333. The number of benzene rings is 1. The lowest BCUT2D eigenvalue weighted by molar-refractivity contribution is 0.130. The Labute approximate surface area is 78.6 Å². The summed E-state index contributed by atoms with van der Waals surface area (Å²) in [5.74, 6) is -3.55. The molecular weight excluding hydrogens is 197 g/mol. The summed E-state index contributed by atoms with van der Waals surface area (Å²) in [4.78, 5) is 0. The van der Waals surface area contributed by atoms with E-state index in [9.17, 15) is 18.3 Å². The van der Waals surface area contributed by atoms with Crippen molar-refractivity contribution in [3.05, 3.63) is 35.1 Å². The number of hydrogen-bond acceptors (Lipinski definition) is 2. The van der Waals surface area contributed by atoms with Crippen molar-refractivity contribution in [3.8, 4) is 0 Å². The molecule has 0 fully saturated rings. The van der Waals surface area contributed by atoms with Gasteiger partial charge in [-0.1, -0.05) is 0 Å². The molecule has 1 aromatic rings. The fourth-order valence-corrected chi connectivity index (χ4v) is 1.07. The Morgan fingerprint density at radius 2 is 1.64 bits per heavy atom. The van der Waals surface area contributed by atoms with Gasteiger partial charge in [-0.05, 0) is 6.07 Å². The lowest BCUT2D eigenvalue weighted by Crippen LogP contribution is -2.04. The first kappa shape index (κ1) is 11.0. The third-order valence-corrected chi connectivity index (χ3v) is 1.80. The molecule has 0 aliphatic rings. The number of halogens is 3. The Balaban J connectivity index is 3.02. The highest BCUT2D eigenvalue weighted by atomic mass is 19.2. The van der Waals surface area contributed by atoms with Crippen LogP contribution in [0.15, 0.2) is 12.1 Å². The summed E-state index contributed by atoms with van der Waals surface area (Å²) in [6.45, 7) is -0.362. The summed E-state index contributed by atoms with van der Waals surface area (Å²) in [6.07, 6.45) is -1.45. The molecule has 0 saturated carbocycles. The average Bonchev–Trinajstić information content (AvgIpc) is 2.11. The first-order valence-corrected chi connectivity index (χ1v) is 3.99. The molecule has 0 bridgehead atoms. The van der Waals surface area contributed by atoms with E-state index < -0.39 is 23.6 Å². The van der Waals surface area contributed by atoms with Crippen molar-refractivity contribution in [2.45, 2.75) is 12.5 Å². The number of rotatable bonds is 3. The van der Waals surface area contributed by atoms with E-state index in [4.69, 9.17) is 5.11 Å². The van der Waals surface area contributed by atoms with Crippen molar-refractivity contribution in [2.75, 3.05) is 6.61 Å². The molecule has 0 heterocycles. The van der Waals surface area contributed by atoms with Gasteiger partial charge < -0.3 is 10.2 Å². The molecule has 1 unspecified atom stereocenters. The number of aliphatic hydroxyl groups is 2. The maximum Gasteiger partial charge on any atom is 0.161 e. The summed E-state index contributed by atoms with van der Waals surface area (Å²) in [5.41, 5.74) is -0.349. The standard InChI is InChI=1S/C9H9F3O2/c10-6-4-8(12)7(11)3-5(6)9(14)1-2-13/h3-4,9,13-14H,1-2H2. The van der Waals surface area contributed by atoms with E-state index in [1.807, 2.05) is 0 Å². The van der Waals surface area contributed by atoms with E-state index in [0.29, 0.717) is 12.1 Å². The topological polar surface area (TPSA) is 40.5 Å². The van der Waals surface area contributed by atoms with E-state index in [2.05, 4.69) is 0 Å². The lowest BCUT2D eigenvalue weighted by atomic mass is 10.1. The van der Waals surface area contributed by atoms with Crippen molar-refractivity contribution >= 4 is 0 Å². The maximum absolute atomic E-state index is 13.0. The summed E-state index contributed by atoms with van der Waals surface area (Å²) in [5, 5.41) is 17.7. The Morgan fingerprint density at radius 3 is 2.21 bits per heavy atom. The van der Waals surface area contributed by atoms with Crippen LogP contribution in [0.25, 0.3) is 0 Å². The Kier molecular flexibility index (Phi) is 3.49. The predicted molar refractivity (Wildman–Crippen MR) is 43.0 cm³/mol. The van der Waals surface area contributed by atoms with Gasteiger partial charge in [0, 0.05) is 24.7 Å². The third-order valence-electron chi connectivity index (χ3n) is 1.80. The van der Waals surface area contributed by atoms with Gasteiger partial charge in [-0.15, -0.1) is 0 Å². The van der Waals surface area contributed by atoms with Crippen LogP contribution < -0.4 is 0 Å². The second kappa shape index (κ2) is 4.43. The Bertz CT molecular complexity index is 328. The smallest absolute Gasteiger partial charge is 0.161 e. The van der Waals surface area contributed by atoms with Gasteiger partial charge in [-0.3, -0.25) is 0 Å². The largest absolute Gasteiger partial charge is 0.396 e. The van der Waals surface area contributed by atoms with Gasteiger partial charge in [0.15, 0.2) is 11.6 Å². The van der Waals surface area contributed by atoms with Crippen molar-refractivity contribution in [2.24, 2.45) is 0 Å². The lowest BCUT2D eigenvalue weighted by Gasteiger charge is -2.10. The van der Waals surface area contributed by atoms with Crippen molar-refractivity contribution in [1.29, 1.82) is 0 Å². The van der Waals surface area contributed by atoms with Gasteiger partial charge in [0.1, 0.15) is 5.82 Å². The van der Waals surface area contributed by atoms with Crippen LogP contribution in [-0.4, -0.2) is 16.8 Å². The second-order valence-electron chi connectivity index (χ2n) is 2.82. The summed E-state index contributed by atoms with van der Waals surface area (Å²) < 4.78 is 38.1. The molecule has 1 rings (SSSR count). The zero-order valence-corrected chi connectivity index (χ0v) is 7.17. The monoisotopic (exact) mass is 206 g/mol. The van der Waals surface area contributed by atoms with Gasteiger partial charge in [0.05, 0.1) is 6.10 Å². The molecule has 78 valence electrons.